The van der Waals surface area contributed by atoms with Crippen molar-refractivity contribution < 1.29 is 5.11 Å². The zero-order valence-electron chi connectivity index (χ0n) is 10.8. The summed E-state index contributed by atoms with van der Waals surface area (Å²) in [5, 5.41) is 9.65. The van der Waals surface area contributed by atoms with E-state index in [-0.39, 0.29) is 12.6 Å². The minimum Gasteiger partial charge on any atom is -0.394 e. The smallest absolute Gasteiger partial charge is 0.0628 e. The van der Waals surface area contributed by atoms with Crippen molar-refractivity contribution in [1.82, 2.24) is 9.88 Å². The molecule has 3 nitrogen and oxygen atoms in total. The molecule has 1 atom stereocenters. The van der Waals surface area contributed by atoms with E-state index >= 15 is 0 Å². The van der Waals surface area contributed by atoms with Gasteiger partial charge in [0.2, 0.25) is 0 Å². The number of aromatic nitrogens is 1. The fraction of sp³-hybridized carbons (Fsp3) is 0.267. The molecule has 0 fully saturated rings. The first-order valence-corrected chi connectivity index (χ1v) is 6.95. The Bertz CT molecular complexity index is 519. The number of halogens is 1. The third-order valence-corrected chi connectivity index (χ3v) is 3.61. The molecule has 1 aromatic heterocycles. The van der Waals surface area contributed by atoms with Gasteiger partial charge in [-0.3, -0.25) is 9.88 Å². The Morgan fingerprint density at radius 1 is 1.26 bits per heavy atom. The van der Waals surface area contributed by atoms with Gasteiger partial charge >= 0.3 is 0 Å². The van der Waals surface area contributed by atoms with E-state index in [1.165, 1.54) is 5.56 Å². The largest absolute Gasteiger partial charge is 0.394 e. The maximum atomic E-state index is 9.65. The normalized spacial score (nSPS) is 12.6. The topological polar surface area (TPSA) is 36.4 Å². The van der Waals surface area contributed by atoms with Crippen LogP contribution in [0.3, 0.4) is 0 Å². The van der Waals surface area contributed by atoms with Gasteiger partial charge in [0.15, 0.2) is 0 Å². The first-order valence-electron chi connectivity index (χ1n) is 6.16. The van der Waals surface area contributed by atoms with Crippen LogP contribution in [0.25, 0.3) is 0 Å². The van der Waals surface area contributed by atoms with Crippen LogP contribution in [0, 0.1) is 0 Å². The SMILES string of the molecule is CN(Cc1ccncc1)[C@H](CO)c1cccc(Br)c1. The lowest BCUT2D eigenvalue weighted by molar-refractivity contribution is 0.142. The molecule has 1 aromatic carbocycles. The van der Waals surface area contributed by atoms with Gasteiger partial charge in [0.1, 0.15) is 0 Å². The maximum absolute atomic E-state index is 9.65. The van der Waals surface area contributed by atoms with Gasteiger partial charge in [-0.25, -0.2) is 0 Å². The van der Waals surface area contributed by atoms with E-state index in [4.69, 9.17) is 0 Å². The Balaban J connectivity index is 2.13. The van der Waals surface area contributed by atoms with Crippen LogP contribution >= 0.6 is 15.9 Å². The van der Waals surface area contributed by atoms with Crippen molar-refractivity contribution in [2.24, 2.45) is 0 Å². The number of hydrogen-bond acceptors (Lipinski definition) is 3. The monoisotopic (exact) mass is 320 g/mol. The molecule has 0 amide bonds. The fourth-order valence-electron chi connectivity index (χ4n) is 2.10. The number of aliphatic hydroxyl groups excluding tert-OH is 1. The number of aliphatic hydroxyl groups is 1. The summed E-state index contributed by atoms with van der Waals surface area (Å²) in [6.07, 6.45) is 3.58. The predicted octanol–water partition coefficient (Wildman–Crippen LogP) is 3.01. The zero-order valence-corrected chi connectivity index (χ0v) is 12.4. The molecule has 0 bridgehead atoms. The summed E-state index contributed by atoms with van der Waals surface area (Å²) < 4.78 is 1.03. The first-order chi connectivity index (χ1) is 9.20. The molecule has 0 aliphatic carbocycles. The Morgan fingerprint density at radius 2 is 2.00 bits per heavy atom. The molecule has 1 N–H and O–H groups in total. The second-order valence-electron chi connectivity index (χ2n) is 4.52. The first kappa shape index (κ1) is 14.2. The van der Waals surface area contributed by atoms with E-state index in [2.05, 4.69) is 25.8 Å². The lowest BCUT2D eigenvalue weighted by Gasteiger charge is -2.27. The third kappa shape index (κ3) is 3.86. The molecule has 4 heteroatoms. The zero-order chi connectivity index (χ0) is 13.7. The highest BCUT2D eigenvalue weighted by molar-refractivity contribution is 9.10. The van der Waals surface area contributed by atoms with Crippen LogP contribution in [-0.2, 0) is 6.54 Å². The molecule has 0 radical (unpaired) electrons. The van der Waals surface area contributed by atoms with Crippen molar-refractivity contribution >= 4 is 15.9 Å². The molecule has 100 valence electrons. The lowest BCUT2D eigenvalue weighted by atomic mass is 10.1. The summed E-state index contributed by atoms with van der Waals surface area (Å²) >= 11 is 3.47. The van der Waals surface area contributed by atoms with Crippen LogP contribution in [0.2, 0.25) is 0 Å². The highest BCUT2D eigenvalue weighted by atomic mass is 79.9. The van der Waals surface area contributed by atoms with Gasteiger partial charge in [0, 0.05) is 23.4 Å². The van der Waals surface area contributed by atoms with Crippen molar-refractivity contribution in [3.8, 4) is 0 Å². The minimum atomic E-state index is -0.00864. The van der Waals surface area contributed by atoms with Crippen LogP contribution in [0.15, 0.2) is 53.3 Å². The van der Waals surface area contributed by atoms with Gasteiger partial charge in [-0.1, -0.05) is 28.1 Å². The highest BCUT2D eigenvalue weighted by Gasteiger charge is 2.16. The molecule has 2 rings (SSSR count). The van der Waals surface area contributed by atoms with Crippen LogP contribution < -0.4 is 0 Å². The summed E-state index contributed by atoms with van der Waals surface area (Å²) in [5.41, 5.74) is 2.29. The second-order valence-corrected chi connectivity index (χ2v) is 5.44. The second kappa shape index (κ2) is 6.80. The molecule has 0 aliphatic rings. The Hall–Kier alpha value is -1.23. The Kier molecular flexibility index (Phi) is 5.07. The predicted molar refractivity (Wildman–Crippen MR) is 79.7 cm³/mol. The van der Waals surface area contributed by atoms with Crippen LogP contribution in [0.5, 0.6) is 0 Å². The minimum absolute atomic E-state index is 0.00864. The number of hydrogen-bond donors (Lipinski definition) is 1. The maximum Gasteiger partial charge on any atom is 0.0628 e. The van der Waals surface area contributed by atoms with E-state index in [1.807, 2.05) is 43.4 Å². The Labute approximate surface area is 122 Å². The lowest BCUT2D eigenvalue weighted by Crippen LogP contribution is -2.26. The Morgan fingerprint density at radius 3 is 2.63 bits per heavy atom. The van der Waals surface area contributed by atoms with E-state index in [9.17, 15) is 5.11 Å². The summed E-state index contributed by atoms with van der Waals surface area (Å²) in [6, 6.07) is 12.0. The van der Waals surface area contributed by atoms with E-state index in [0.29, 0.717) is 0 Å². The van der Waals surface area contributed by atoms with Crippen LogP contribution in [0.1, 0.15) is 17.2 Å². The van der Waals surface area contributed by atoms with Gasteiger partial charge in [-0.05, 0) is 42.4 Å². The summed E-state index contributed by atoms with van der Waals surface area (Å²) in [5.74, 6) is 0. The van der Waals surface area contributed by atoms with Crippen molar-refractivity contribution in [3.63, 3.8) is 0 Å². The van der Waals surface area contributed by atoms with Gasteiger partial charge in [-0.2, -0.15) is 0 Å². The van der Waals surface area contributed by atoms with Crippen molar-refractivity contribution in [2.75, 3.05) is 13.7 Å². The molecule has 0 saturated heterocycles. The van der Waals surface area contributed by atoms with Gasteiger partial charge in [-0.15, -0.1) is 0 Å². The molecule has 19 heavy (non-hydrogen) atoms. The molecule has 0 unspecified atom stereocenters. The van der Waals surface area contributed by atoms with Gasteiger partial charge in [0.05, 0.1) is 12.6 Å². The number of likely N-dealkylation sites (N-methyl/N-ethyl adjacent to an activating group) is 1. The number of pyridine rings is 1. The molecule has 2 aromatic rings. The summed E-state index contributed by atoms with van der Waals surface area (Å²) in [4.78, 5) is 6.15. The van der Waals surface area contributed by atoms with E-state index in [0.717, 1.165) is 16.6 Å². The fourth-order valence-corrected chi connectivity index (χ4v) is 2.52. The van der Waals surface area contributed by atoms with Crippen molar-refractivity contribution in [1.29, 1.82) is 0 Å². The number of benzene rings is 1. The molecule has 1 heterocycles. The average molecular weight is 321 g/mol. The highest BCUT2D eigenvalue weighted by Crippen LogP contribution is 2.23. The van der Waals surface area contributed by atoms with Crippen molar-refractivity contribution in [3.05, 3.63) is 64.4 Å². The molecule has 0 spiro atoms. The van der Waals surface area contributed by atoms with Gasteiger partial charge in [0.25, 0.3) is 0 Å². The van der Waals surface area contributed by atoms with E-state index in [1.54, 1.807) is 12.4 Å². The molecular formula is C15H17BrN2O. The van der Waals surface area contributed by atoms with Crippen molar-refractivity contribution in [2.45, 2.75) is 12.6 Å². The number of nitrogens with zero attached hydrogens (tertiary/aromatic N) is 2. The molecular weight excluding hydrogens is 304 g/mol. The quantitative estimate of drug-likeness (QED) is 0.920. The summed E-state index contributed by atoms with van der Waals surface area (Å²) in [6.45, 7) is 0.873. The van der Waals surface area contributed by atoms with E-state index < -0.39 is 0 Å². The molecule has 0 saturated carbocycles. The molecule has 0 aliphatic heterocycles. The number of rotatable bonds is 5. The summed E-state index contributed by atoms with van der Waals surface area (Å²) in [7, 11) is 2.02. The van der Waals surface area contributed by atoms with Gasteiger partial charge < -0.3 is 5.11 Å². The van der Waals surface area contributed by atoms with Crippen LogP contribution in [-0.4, -0.2) is 28.6 Å². The average Bonchev–Trinajstić information content (AvgIpc) is 2.41. The standard InChI is InChI=1S/C15H17BrN2O/c1-18(10-12-5-7-17-8-6-12)15(11-19)13-3-2-4-14(16)9-13/h2-9,15,19H,10-11H2,1H3/t15-/m1/s1. The third-order valence-electron chi connectivity index (χ3n) is 3.12. The van der Waals surface area contributed by atoms with Crippen LogP contribution in [0.4, 0.5) is 0 Å².